The van der Waals surface area contributed by atoms with E-state index in [1.165, 1.54) is 0 Å². The van der Waals surface area contributed by atoms with E-state index in [9.17, 15) is 0 Å². The molecule has 0 atom stereocenters. The molecule has 0 heterocycles. The largest absolute Gasteiger partial charge is 3.00 e. The van der Waals surface area contributed by atoms with E-state index in [0.29, 0.717) is 0 Å². The zero-order valence-electron chi connectivity index (χ0n) is 10.2. The normalized spacial score (nSPS) is 5.65. The Morgan fingerprint density at radius 3 is 0.824 bits per heavy atom. The fourth-order valence-corrected chi connectivity index (χ4v) is 0. The van der Waals surface area contributed by atoms with E-state index in [-0.39, 0.29) is 48.1 Å². The number of carbonyl (C=O) groups excluding carboxylic acids is 3. The van der Waals surface area contributed by atoms with Crippen LogP contribution in [-0.2, 0) is 31.5 Å². The Kier molecular flexibility index (Phi) is 42.8. The van der Waals surface area contributed by atoms with Gasteiger partial charge in [-0.25, -0.2) is 0 Å². The molecule has 0 saturated carbocycles. The van der Waals surface area contributed by atoms with Crippen molar-refractivity contribution in [2.75, 3.05) is 0 Å². The molecule has 0 aliphatic rings. The SMILES string of the molecule is C=CC(=O)[O-].C=CC(=O)[O-].C=CC(=O)[O-].[Fe+3].[H-].[Na+]. The van der Waals surface area contributed by atoms with Crippen LogP contribution in [0.1, 0.15) is 1.43 Å². The van der Waals surface area contributed by atoms with Gasteiger partial charge in [0.1, 0.15) is 0 Å². The van der Waals surface area contributed by atoms with Gasteiger partial charge in [-0.1, -0.05) is 19.7 Å². The van der Waals surface area contributed by atoms with Crippen LogP contribution in [-0.4, -0.2) is 17.9 Å². The zero-order valence-corrected chi connectivity index (χ0v) is 12.3. The van der Waals surface area contributed by atoms with Crippen LogP contribution < -0.4 is 44.9 Å². The molecule has 0 fully saturated rings. The fourth-order valence-electron chi connectivity index (χ4n) is 0. The third-order valence-corrected chi connectivity index (χ3v) is 0.500. The molecule has 0 aromatic heterocycles. The van der Waals surface area contributed by atoms with Crippen molar-refractivity contribution in [3.8, 4) is 0 Å². The third kappa shape index (κ3) is 98.8. The summed E-state index contributed by atoms with van der Waals surface area (Å²) in [5, 5.41) is 27.4. The maximum absolute atomic E-state index is 9.14. The molecule has 0 N–H and O–H groups in total. The third-order valence-electron chi connectivity index (χ3n) is 0.500. The molecule has 0 aromatic carbocycles. The Morgan fingerprint density at radius 2 is 0.824 bits per heavy atom. The minimum absolute atomic E-state index is 0. The smallest absolute Gasteiger partial charge is 1.00 e. The number of aliphatic carboxylic acids is 3. The second kappa shape index (κ2) is 24.4. The topological polar surface area (TPSA) is 120 Å². The molecule has 17 heavy (non-hydrogen) atoms. The molecule has 6 nitrogen and oxygen atoms in total. The summed E-state index contributed by atoms with van der Waals surface area (Å²) < 4.78 is 0. The fraction of sp³-hybridized carbons (Fsp3) is 0. The summed E-state index contributed by atoms with van der Waals surface area (Å²) in [6.07, 6.45) is 2.17. The predicted octanol–water partition coefficient (Wildman–Crippen LogP) is -6.12. The summed E-state index contributed by atoms with van der Waals surface area (Å²) in [4.78, 5) is 27.4. The molecule has 0 spiro atoms. The van der Waals surface area contributed by atoms with Crippen molar-refractivity contribution in [2.24, 2.45) is 0 Å². The summed E-state index contributed by atoms with van der Waals surface area (Å²) in [6.45, 7) is 8.69. The first kappa shape index (κ1) is 29.8. The van der Waals surface area contributed by atoms with E-state index in [1.807, 2.05) is 0 Å². The van der Waals surface area contributed by atoms with Gasteiger partial charge in [-0.05, 0) is 18.2 Å². The molecule has 0 aliphatic heterocycles. The Balaban J connectivity index is -0.0000000277. The predicted molar refractivity (Wildman–Crippen MR) is 46.7 cm³/mol. The van der Waals surface area contributed by atoms with Gasteiger partial charge < -0.3 is 31.1 Å². The van der Waals surface area contributed by atoms with Crippen LogP contribution in [0.4, 0.5) is 0 Å². The van der Waals surface area contributed by atoms with Gasteiger partial charge in [0, 0.05) is 0 Å². The molecule has 8 heteroatoms. The van der Waals surface area contributed by atoms with E-state index in [0.717, 1.165) is 18.2 Å². The first-order valence-electron chi connectivity index (χ1n) is 3.32. The van der Waals surface area contributed by atoms with Gasteiger partial charge in [-0.2, -0.15) is 0 Å². The van der Waals surface area contributed by atoms with E-state index in [1.54, 1.807) is 0 Å². The van der Waals surface area contributed by atoms with Crippen molar-refractivity contribution < 1.29 is 77.8 Å². The summed E-state index contributed by atoms with van der Waals surface area (Å²) in [5.41, 5.74) is 0. The minimum Gasteiger partial charge on any atom is -1.00 e. The number of rotatable bonds is 3. The molecule has 1 radical (unpaired) electrons. The standard InChI is InChI=1S/3C3H4O2.Fe.Na.H/c3*1-2-3(4)5;;;/h3*2H,1H2,(H,4,5);;;/q;;;+3;+1;-1/p-3. The van der Waals surface area contributed by atoms with Crippen LogP contribution in [0.5, 0.6) is 0 Å². The number of carbonyl (C=O) groups is 3. The molecule has 0 rings (SSSR count). The molecule has 91 valence electrons. The maximum Gasteiger partial charge on any atom is 3.00 e. The van der Waals surface area contributed by atoms with Crippen molar-refractivity contribution in [3.63, 3.8) is 0 Å². The van der Waals surface area contributed by atoms with Crippen molar-refractivity contribution in [1.29, 1.82) is 0 Å². The quantitative estimate of drug-likeness (QED) is 0.377. The monoisotopic (exact) mass is 293 g/mol. The molecule has 0 saturated heterocycles. The van der Waals surface area contributed by atoms with E-state index in [4.69, 9.17) is 29.7 Å². The number of hydrogen-bond donors (Lipinski definition) is 0. The average molecular weight is 293 g/mol. The van der Waals surface area contributed by atoms with Gasteiger partial charge in [-0.3, -0.25) is 0 Å². The van der Waals surface area contributed by atoms with Gasteiger partial charge in [0.25, 0.3) is 0 Å². The van der Waals surface area contributed by atoms with Crippen LogP contribution in [0.15, 0.2) is 38.0 Å². The molecular weight excluding hydrogens is 283 g/mol. The molecule has 0 unspecified atom stereocenters. The van der Waals surface area contributed by atoms with Crippen LogP contribution in [0, 0.1) is 0 Å². The summed E-state index contributed by atoms with van der Waals surface area (Å²) in [7, 11) is 0. The van der Waals surface area contributed by atoms with Crippen molar-refractivity contribution in [2.45, 2.75) is 0 Å². The first-order valence-corrected chi connectivity index (χ1v) is 3.32. The van der Waals surface area contributed by atoms with Crippen molar-refractivity contribution >= 4 is 17.9 Å². The van der Waals surface area contributed by atoms with Crippen LogP contribution in [0.2, 0.25) is 0 Å². The Labute approximate surface area is 133 Å². The zero-order chi connectivity index (χ0) is 12.9. The van der Waals surface area contributed by atoms with Crippen molar-refractivity contribution in [1.82, 2.24) is 0 Å². The second-order valence-corrected chi connectivity index (χ2v) is 1.57. The Hall–Kier alpha value is -0.851. The number of carboxylic acids is 3. The minimum atomic E-state index is -1.23. The van der Waals surface area contributed by atoms with E-state index in [2.05, 4.69) is 19.7 Å². The molecule has 0 aliphatic carbocycles. The van der Waals surface area contributed by atoms with E-state index >= 15 is 0 Å². The summed E-state index contributed by atoms with van der Waals surface area (Å²) in [5.74, 6) is -3.69. The maximum atomic E-state index is 9.14. The molecule has 0 amide bonds. The van der Waals surface area contributed by atoms with Crippen molar-refractivity contribution in [3.05, 3.63) is 38.0 Å². The van der Waals surface area contributed by atoms with Crippen LogP contribution >= 0.6 is 0 Å². The van der Waals surface area contributed by atoms with Gasteiger partial charge in [-0.15, -0.1) is 0 Å². The Morgan fingerprint density at radius 1 is 0.765 bits per heavy atom. The van der Waals surface area contributed by atoms with E-state index < -0.39 is 17.9 Å². The molecule has 0 bridgehead atoms. The summed E-state index contributed by atoms with van der Waals surface area (Å²) >= 11 is 0. The molecule has 0 aromatic rings. The average Bonchev–Trinajstić information content (AvgIpc) is 2.19. The van der Waals surface area contributed by atoms with Gasteiger partial charge in [0.15, 0.2) is 0 Å². The van der Waals surface area contributed by atoms with Gasteiger partial charge in [0.2, 0.25) is 0 Å². The number of hydrogen-bond acceptors (Lipinski definition) is 6. The van der Waals surface area contributed by atoms with Gasteiger partial charge in [0.05, 0.1) is 17.9 Å². The Bertz CT molecular complexity index is 227. The summed E-state index contributed by atoms with van der Waals surface area (Å²) in [6, 6.07) is 0. The van der Waals surface area contributed by atoms with Crippen LogP contribution in [0.25, 0.3) is 0 Å². The van der Waals surface area contributed by atoms with Crippen LogP contribution in [0.3, 0.4) is 0 Å². The second-order valence-electron chi connectivity index (χ2n) is 1.57. The molecular formula is C9H10FeNaO6. The first-order chi connectivity index (χ1) is 6.81. The van der Waals surface area contributed by atoms with Gasteiger partial charge >= 0.3 is 46.6 Å². The number of carboxylic acid groups (broad SMARTS) is 3.